The second kappa shape index (κ2) is 11.3. The molecule has 25 heavy (non-hydrogen) atoms. The van der Waals surface area contributed by atoms with Gasteiger partial charge in [0.15, 0.2) is 0 Å². The fourth-order valence-corrected chi connectivity index (χ4v) is 3.19. The number of hydrogen-bond donors (Lipinski definition) is 0. The van der Waals surface area contributed by atoms with Crippen LogP contribution in [0.2, 0.25) is 0 Å². The van der Waals surface area contributed by atoms with E-state index in [4.69, 9.17) is 14.2 Å². The van der Waals surface area contributed by atoms with Crippen molar-refractivity contribution in [1.29, 1.82) is 0 Å². The summed E-state index contributed by atoms with van der Waals surface area (Å²) >= 11 is 0. The average molecular weight is 348 g/mol. The Morgan fingerprint density at radius 1 is 1.20 bits per heavy atom. The molecule has 4 nitrogen and oxygen atoms in total. The molecule has 1 aromatic carbocycles. The minimum absolute atomic E-state index is 0.0885. The molecule has 1 atom stereocenters. The third kappa shape index (κ3) is 7.57. The first-order chi connectivity index (χ1) is 12.2. The van der Waals surface area contributed by atoms with Gasteiger partial charge in [-0.2, -0.15) is 0 Å². The number of carbonyl (C=O) groups excluding carboxylic acids is 1. The van der Waals surface area contributed by atoms with Gasteiger partial charge in [0.05, 0.1) is 25.4 Å². The number of unbranched alkanes of at least 4 members (excludes halogenated alkanes) is 3. The Balaban J connectivity index is 1.66. The SMILES string of the molecule is CCCCCCC(=O)OCCC1(COCc2ccccc2)CCCO1. The van der Waals surface area contributed by atoms with Gasteiger partial charge < -0.3 is 14.2 Å². The van der Waals surface area contributed by atoms with Gasteiger partial charge in [-0.1, -0.05) is 56.5 Å². The van der Waals surface area contributed by atoms with E-state index in [2.05, 4.69) is 19.1 Å². The summed E-state index contributed by atoms with van der Waals surface area (Å²) in [5.41, 5.74) is 0.867. The normalized spacial score (nSPS) is 19.9. The van der Waals surface area contributed by atoms with Gasteiger partial charge >= 0.3 is 5.97 Å². The monoisotopic (exact) mass is 348 g/mol. The zero-order valence-corrected chi connectivity index (χ0v) is 15.5. The van der Waals surface area contributed by atoms with Crippen LogP contribution in [0.3, 0.4) is 0 Å². The van der Waals surface area contributed by atoms with Crippen molar-refractivity contribution in [2.24, 2.45) is 0 Å². The molecule has 1 aliphatic heterocycles. The van der Waals surface area contributed by atoms with E-state index in [-0.39, 0.29) is 11.6 Å². The third-order valence-electron chi connectivity index (χ3n) is 4.72. The Morgan fingerprint density at radius 3 is 2.76 bits per heavy atom. The van der Waals surface area contributed by atoms with Crippen LogP contribution in [0.25, 0.3) is 0 Å². The first-order valence-corrected chi connectivity index (χ1v) is 9.65. The lowest BCUT2D eigenvalue weighted by Crippen LogP contribution is -2.35. The van der Waals surface area contributed by atoms with Crippen LogP contribution in [0.15, 0.2) is 30.3 Å². The summed E-state index contributed by atoms with van der Waals surface area (Å²) < 4.78 is 17.2. The molecule has 0 saturated carbocycles. The fraction of sp³-hybridized carbons (Fsp3) is 0.667. The first kappa shape index (κ1) is 19.9. The standard InChI is InChI=1S/C21H32O4/c1-2-3-4-8-12-20(22)24-16-14-21(13-9-15-25-21)18-23-17-19-10-6-5-7-11-19/h5-7,10-11H,2-4,8-9,12-18H2,1H3. The van der Waals surface area contributed by atoms with Gasteiger partial charge in [-0.25, -0.2) is 0 Å². The molecule has 0 radical (unpaired) electrons. The molecule has 4 heteroatoms. The fourth-order valence-electron chi connectivity index (χ4n) is 3.19. The van der Waals surface area contributed by atoms with Crippen molar-refractivity contribution in [2.45, 2.75) is 70.5 Å². The number of hydrogen-bond acceptors (Lipinski definition) is 4. The zero-order valence-electron chi connectivity index (χ0n) is 15.5. The van der Waals surface area contributed by atoms with Gasteiger partial charge in [0.1, 0.15) is 0 Å². The topological polar surface area (TPSA) is 44.8 Å². The third-order valence-corrected chi connectivity index (χ3v) is 4.72. The Bertz CT molecular complexity index is 480. The van der Waals surface area contributed by atoms with E-state index in [0.717, 1.165) is 37.9 Å². The van der Waals surface area contributed by atoms with Crippen LogP contribution < -0.4 is 0 Å². The number of ether oxygens (including phenoxy) is 3. The van der Waals surface area contributed by atoms with Gasteiger partial charge in [-0.3, -0.25) is 4.79 Å². The molecule has 0 spiro atoms. The highest BCUT2D eigenvalue weighted by Crippen LogP contribution is 2.30. The largest absolute Gasteiger partial charge is 0.466 e. The number of esters is 1. The average Bonchev–Trinajstić information content (AvgIpc) is 3.09. The van der Waals surface area contributed by atoms with Crippen molar-refractivity contribution in [2.75, 3.05) is 19.8 Å². The van der Waals surface area contributed by atoms with Gasteiger partial charge in [-0.15, -0.1) is 0 Å². The maximum atomic E-state index is 11.8. The van der Waals surface area contributed by atoms with Gasteiger partial charge in [-0.05, 0) is 24.8 Å². The molecule has 0 N–H and O–H groups in total. The molecule has 2 rings (SSSR count). The van der Waals surface area contributed by atoms with Crippen molar-refractivity contribution in [3.63, 3.8) is 0 Å². The second-order valence-corrected chi connectivity index (χ2v) is 6.89. The summed E-state index contributed by atoms with van der Waals surface area (Å²) in [6.45, 7) is 4.49. The number of rotatable bonds is 12. The highest BCUT2D eigenvalue weighted by atomic mass is 16.6. The molecule has 1 saturated heterocycles. The molecule has 1 unspecified atom stereocenters. The second-order valence-electron chi connectivity index (χ2n) is 6.89. The molecular weight excluding hydrogens is 316 g/mol. The van der Waals surface area contributed by atoms with Gasteiger partial charge in [0, 0.05) is 19.4 Å². The van der Waals surface area contributed by atoms with Crippen molar-refractivity contribution < 1.29 is 19.0 Å². The van der Waals surface area contributed by atoms with Crippen molar-refractivity contribution in [3.05, 3.63) is 35.9 Å². The van der Waals surface area contributed by atoms with Crippen LogP contribution in [-0.2, 0) is 25.6 Å². The van der Waals surface area contributed by atoms with Crippen LogP contribution in [0, 0.1) is 0 Å². The Kier molecular flexibility index (Phi) is 8.98. The summed E-state index contributed by atoms with van der Waals surface area (Å²) in [4.78, 5) is 11.8. The van der Waals surface area contributed by atoms with Crippen molar-refractivity contribution in [1.82, 2.24) is 0 Å². The maximum absolute atomic E-state index is 11.8. The molecule has 1 aliphatic rings. The van der Waals surface area contributed by atoms with Crippen LogP contribution >= 0.6 is 0 Å². The van der Waals surface area contributed by atoms with E-state index in [9.17, 15) is 4.79 Å². The molecule has 140 valence electrons. The maximum Gasteiger partial charge on any atom is 0.305 e. The van der Waals surface area contributed by atoms with E-state index in [0.29, 0.717) is 32.7 Å². The molecule has 0 amide bonds. The molecule has 1 fully saturated rings. The minimum Gasteiger partial charge on any atom is -0.466 e. The number of benzene rings is 1. The van der Waals surface area contributed by atoms with Crippen LogP contribution in [0.4, 0.5) is 0 Å². The summed E-state index contributed by atoms with van der Waals surface area (Å²) in [6.07, 6.45) is 7.64. The van der Waals surface area contributed by atoms with Crippen LogP contribution in [-0.4, -0.2) is 31.4 Å². The Morgan fingerprint density at radius 2 is 2.04 bits per heavy atom. The summed E-state index contributed by atoms with van der Waals surface area (Å²) in [7, 11) is 0. The number of carbonyl (C=O) groups is 1. The smallest absolute Gasteiger partial charge is 0.305 e. The summed E-state index contributed by atoms with van der Waals surface area (Å²) in [5, 5.41) is 0. The molecule has 1 aromatic rings. The van der Waals surface area contributed by atoms with E-state index in [1.807, 2.05) is 18.2 Å². The lowest BCUT2D eigenvalue weighted by Gasteiger charge is -2.28. The Hall–Kier alpha value is -1.39. The molecular formula is C21H32O4. The quantitative estimate of drug-likeness (QED) is 0.407. The van der Waals surface area contributed by atoms with E-state index in [1.54, 1.807) is 0 Å². The molecule has 0 aromatic heterocycles. The van der Waals surface area contributed by atoms with Gasteiger partial charge in [0.25, 0.3) is 0 Å². The molecule has 0 bridgehead atoms. The van der Waals surface area contributed by atoms with Crippen LogP contribution in [0.5, 0.6) is 0 Å². The zero-order chi connectivity index (χ0) is 17.8. The van der Waals surface area contributed by atoms with E-state index >= 15 is 0 Å². The van der Waals surface area contributed by atoms with Crippen molar-refractivity contribution in [3.8, 4) is 0 Å². The minimum atomic E-state index is -0.294. The lowest BCUT2D eigenvalue weighted by atomic mass is 9.97. The van der Waals surface area contributed by atoms with Crippen LogP contribution in [0.1, 0.15) is 63.9 Å². The predicted molar refractivity (Wildman–Crippen MR) is 98.4 cm³/mol. The first-order valence-electron chi connectivity index (χ1n) is 9.65. The van der Waals surface area contributed by atoms with Gasteiger partial charge in [0.2, 0.25) is 0 Å². The lowest BCUT2D eigenvalue weighted by molar-refractivity contribution is -0.146. The molecule has 1 heterocycles. The van der Waals surface area contributed by atoms with E-state index < -0.39 is 0 Å². The Labute approximate surface area is 151 Å². The summed E-state index contributed by atoms with van der Waals surface area (Å²) in [5.74, 6) is -0.0885. The highest BCUT2D eigenvalue weighted by Gasteiger charge is 2.35. The summed E-state index contributed by atoms with van der Waals surface area (Å²) in [6, 6.07) is 10.1. The highest BCUT2D eigenvalue weighted by molar-refractivity contribution is 5.69. The van der Waals surface area contributed by atoms with Crippen molar-refractivity contribution >= 4 is 5.97 Å². The van der Waals surface area contributed by atoms with E-state index in [1.165, 1.54) is 12.8 Å². The predicted octanol–water partition coefficient (Wildman–Crippen LogP) is 4.66. The molecule has 0 aliphatic carbocycles.